The molecule has 0 aliphatic rings. The number of aliphatic hydroxyl groups excluding tert-OH is 1. The molecule has 0 saturated heterocycles. The van der Waals surface area contributed by atoms with E-state index >= 15 is 0 Å². The molecule has 3 aromatic rings. The molecule has 1 aromatic carbocycles. The number of hydrogen-bond acceptors (Lipinski definition) is 6. The molecule has 3 rings (SSSR count). The third kappa shape index (κ3) is 4.64. The second-order valence-electron chi connectivity index (χ2n) is 6.96. The van der Waals surface area contributed by atoms with Gasteiger partial charge in [0.25, 0.3) is 0 Å². The van der Waals surface area contributed by atoms with Crippen LogP contribution in [0.2, 0.25) is 0 Å². The number of benzene rings is 1. The topological polar surface area (TPSA) is 52.5 Å². The molecule has 5 nitrogen and oxygen atoms in total. The van der Waals surface area contributed by atoms with Crippen molar-refractivity contribution in [2.45, 2.75) is 26.3 Å². The lowest BCUT2D eigenvalue weighted by atomic mass is 10.1. The Morgan fingerprint density at radius 2 is 1.85 bits per heavy atom. The van der Waals surface area contributed by atoms with Crippen LogP contribution in [0.4, 0.5) is 5.82 Å². The first-order valence-electron chi connectivity index (χ1n) is 9.48. The Bertz CT molecular complexity index is 863. The van der Waals surface area contributed by atoms with Crippen LogP contribution in [0.15, 0.2) is 35.7 Å². The zero-order chi connectivity index (χ0) is 19.2. The van der Waals surface area contributed by atoms with E-state index in [1.54, 1.807) is 11.3 Å². The molecular weight excluding hydrogens is 356 g/mol. The molecule has 2 aromatic heterocycles. The van der Waals surface area contributed by atoms with E-state index in [1.165, 1.54) is 11.1 Å². The number of nitrogens with zero attached hydrogens (tertiary/aromatic N) is 4. The molecule has 0 bridgehead atoms. The summed E-state index contributed by atoms with van der Waals surface area (Å²) in [5, 5.41) is 12.9. The van der Waals surface area contributed by atoms with E-state index in [1.807, 2.05) is 20.2 Å². The molecular formula is C21H28N4OS. The maximum atomic E-state index is 9.63. The first-order chi connectivity index (χ1) is 13.1. The normalized spacial score (nSPS) is 11.4. The smallest absolute Gasteiger partial charge is 0.146 e. The highest BCUT2D eigenvalue weighted by Crippen LogP contribution is 2.38. The highest BCUT2D eigenvalue weighted by molar-refractivity contribution is 7.17. The molecule has 0 saturated carbocycles. The van der Waals surface area contributed by atoms with Crippen LogP contribution in [-0.2, 0) is 6.54 Å². The molecule has 27 heavy (non-hydrogen) atoms. The van der Waals surface area contributed by atoms with Crippen molar-refractivity contribution in [2.24, 2.45) is 0 Å². The van der Waals surface area contributed by atoms with E-state index in [-0.39, 0.29) is 6.61 Å². The van der Waals surface area contributed by atoms with Gasteiger partial charge in [-0.3, -0.25) is 0 Å². The van der Waals surface area contributed by atoms with Crippen LogP contribution in [0.1, 0.15) is 25.6 Å². The fourth-order valence-corrected chi connectivity index (χ4v) is 4.13. The maximum Gasteiger partial charge on any atom is 0.146 e. The van der Waals surface area contributed by atoms with Gasteiger partial charge >= 0.3 is 0 Å². The molecule has 0 spiro atoms. The summed E-state index contributed by atoms with van der Waals surface area (Å²) in [4.78, 5) is 15.1. The SMILES string of the molecule is CCCCN(CCO)c1nc(CN(C)C)nc2scc(-c3ccccc3)c12. The first kappa shape index (κ1) is 19.7. The standard InChI is InChI=1S/C21H28N4OS/c1-4-5-11-25(12-13-26)20-19-17(16-9-7-6-8-10-16)15-27-21(19)23-18(22-20)14-24(2)3/h6-10,15,26H,4-5,11-14H2,1-3H3. The van der Waals surface area contributed by atoms with E-state index in [4.69, 9.17) is 9.97 Å². The molecule has 0 amide bonds. The zero-order valence-electron chi connectivity index (χ0n) is 16.4. The Labute approximate surface area is 165 Å². The van der Waals surface area contributed by atoms with Crippen molar-refractivity contribution in [3.8, 4) is 11.1 Å². The van der Waals surface area contributed by atoms with Gasteiger partial charge in [-0.1, -0.05) is 43.7 Å². The van der Waals surface area contributed by atoms with Gasteiger partial charge in [-0.25, -0.2) is 9.97 Å². The summed E-state index contributed by atoms with van der Waals surface area (Å²) in [6.07, 6.45) is 2.18. The molecule has 0 aliphatic carbocycles. The minimum atomic E-state index is 0.114. The summed E-state index contributed by atoms with van der Waals surface area (Å²) in [5.74, 6) is 1.77. The minimum absolute atomic E-state index is 0.114. The van der Waals surface area contributed by atoms with Crippen molar-refractivity contribution in [3.63, 3.8) is 0 Å². The third-order valence-electron chi connectivity index (χ3n) is 4.45. The number of hydrogen-bond donors (Lipinski definition) is 1. The molecule has 0 fully saturated rings. The number of aliphatic hydroxyl groups is 1. The van der Waals surface area contributed by atoms with Gasteiger partial charge in [0.15, 0.2) is 0 Å². The number of thiophene rings is 1. The largest absolute Gasteiger partial charge is 0.395 e. The van der Waals surface area contributed by atoms with Crippen molar-refractivity contribution >= 4 is 27.4 Å². The fourth-order valence-electron chi connectivity index (χ4n) is 3.17. The van der Waals surface area contributed by atoms with Gasteiger partial charge in [0.05, 0.1) is 18.5 Å². The lowest BCUT2D eigenvalue weighted by molar-refractivity contribution is 0.301. The Kier molecular flexibility index (Phi) is 6.77. The summed E-state index contributed by atoms with van der Waals surface area (Å²) in [6.45, 7) is 4.46. The minimum Gasteiger partial charge on any atom is -0.395 e. The summed E-state index contributed by atoms with van der Waals surface area (Å²) >= 11 is 1.66. The maximum absolute atomic E-state index is 9.63. The highest BCUT2D eigenvalue weighted by atomic mass is 32.1. The Morgan fingerprint density at radius 3 is 2.52 bits per heavy atom. The van der Waals surface area contributed by atoms with Crippen molar-refractivity contribution < 1.29 is 5.11 Å². The van der Waals surface area contributed by atoms with Crippen LogP contribution in [0.3, 0.4) is 0 Å². The number of aromatic nitrogens is 2. The van der Waals surface area contributed by atoms with E-state index in [0.29, 0.717) is 13.1 Å². The quantitative estimate of drug-likeness (QED) is 0.604. The van der Waals surface area contributed by atoms with Crippen LogP contribution in [0.25, 0.3) is 21.3 Å². The Hall–Kier alpha value is -2.02. The van der Waals surface area contributed by atoms with Gasteiger partial charge in [-0.15, -0.1) is 11.3 Å². The lowest BCUT2D eigenvalue weighted by Gasteiger charge is -2.24. The molecule has 2 heterocycles. The highest BCUT2D eigenvalue weighted by Gasteiger charge is 2.19. The van der Waals surface area contributed by atoms with E-state index in [0.717, 1.165) is 41.2 Å². The number of rotatable bonds is 9. The third-order valence-corrected chi connectivity index (χ3v) is 5.33. The molecule has 144 valence electrons. The molecule has 0 unspecified atom stereocenters. The van der Waals surface area contributed by atoms with Gasteiger partial charge in [0.1, 0.15) is 16.5 Å². The number of anilines is 1. The van der Waals surface area contributed by atoms with Crippen LogP contribution in [0.5, 0.6) is 0 Å². The van der Waals surface area contributed by atoms with Crippen molar-refractivity contribution in [3.05, 3.63) is 41.5 Å². The Morgan fingerprint density at radius 1 is 1.07 bits per heavy atom. The molecule has 0 aliphatic heterocycles. The molecule has 1 N–H and O–H groups in total. The number of unbranched alkanes of at least 4 members (excludes halogenated alkanes) is 1. The monoisotopic (exact) mass is 384 g/mol. The second-order valence-corrected chi connectivity index (χ2v) is 7.82. The lowest BCUT2D eigenvalue weighted by Crippen LogP contribution is -2.29. The Balaban J connectivity index is 2.17. The first-order valence-corrected chi connectivity index (χ1v) is 10.4. The van der Waals surface area contributed by atoms with E-state index in [9.17, 15) is 5.11 Å². The van der Waals surface area contributed by atoms with Gasteiger partial charge in [0, 0.05) is 24.0 Å². The van der Waals surface area contributed by atoms with Gasteiger partial charge in [-0.2, -0.15) is 0 Å². The fraction of sp³-hybridized carbons (Fsp3) is 0.429. The van der Waals surface area contributed by atoms with Gasteiger partial charge in [0.2, 0.25) is 0 Å². The van der Waals surface area contributed by atoms with Crippen molar-refractivity contribution in [1.29, 1.82) is 0 Å². The molecule has 6 heteroatoms. The van der Waals surface area contributed by atoms with Gasteiger partial charge in [-0.05, 0) is 26.1 Å². The van der Waals surface area contributed by atoms with Crippen LogP contribution in [-0.4, -0.2) is 53.8 Å². The second kappa shape index (κ2) is 9.26. The summed E-state index contributed by atoms with van der Waals surface area (Å²) in [6, 6.07) is 10.4. The predicted molar refractivity (Wildman–Crippen MR) is 114 cm³/mol. The van der Waals surface area contributed by atoms with Crippen molar-refractivity contribution in [1.82, 2.24) is 14.9 Å². The number of fused-ring (bicyclic) bond motifs is 1. The van der Waals surface area contributed by atoms with Crippen LogP contribution < -0.4 is 4.90 Å². The summed E-state index contributed by atoms with van der Waals surface area (Å²) in [7, 11) is 4.05. The summed E-state index contributed by atoms with van der Waals surface area (Å²) in [5.41, 5.74) is 2.34. The molecule has 0 atom stereocenters. The van der Waals surface area contributed by atoms with Crippen molar-refractivity contribution in [2.75, 3.05) is 38.7 Å². The average Bonchev–Trinajstić information content (AvgIpc) is 3.08. The average molecular weight is 385 g/mol. The summed E-state index contributed by atoms with van der Waals surface area (Å²) < 4.78 is 0. The van der Waals surface area contributed by atoms with E-state index < -0.39 is 0 Å². The van der Waals surface area contributed by atoms with Crippen LogP contribution >= 0.6 is 11.3 Å². The van der Waals surface area contributed by atoms with E-state index in [2.05, 4.69) is 46.4 Å². The zero-order valence-corrected chi connectivity index (χ0v) is 17.2. The van der Waals surface area contributed by atoms with Gasteiger partial charge < -0.3 is 14.9 Å². The molecule has 0 radical (unpaired) electrons. The predicted octanol–water partition coefficient (Wildman–Crippen LogP) is 4.02. The van der Waals surface area contributed by atoms with Crippen LogP contribution in [0, 0.1) is 0 Å².